The lowest BCUT2D eigenvalue weighted by Crippen LogP contribution is -2.42. The van der Waals surface area contributed by atoms with Crippen molar-refractivity contribution in [3.63, 3.8) is 0 Å². The molecule has 0 spiro atoms. The summed E-state index contributed by atoms with van der Waals surface area (Å²) in [4.78, 5) is 1.49. The van der Waals surface area contributed by atoms with Gasteiger partial charge in [0.25, 0.3) is 0 Å². The molecule has 2 nitrogen and oxygen atoms in total. The highest BCUT2D eigenvalue weighted by Crippen LogP contribution is 2.29. The SMILES string of the molecule is C=CSC1=C(C)CN2CCCN2C1. The van der Waals surface area contributed by atoms with Crippen LogP contribution in [-0.4, -0.2) is 36.2 Å². The van der Waals surface area contributed by atoms with E-state index in [-0.39, 0.29) is 0 Å². The first-order valence-electron chi connectivity index (χ1n) is 4.77. The Hall–Kier alpha value is -0.250. The zero-order valence-electron chi connectivity index (χ0n) is 8.12. The van der Waals surface area contributed by atoms with E-state index in [1.54, 1.807) is 11.8 Å². The second-order valence-corrected chi connectivity index (χ2v) is 4.68. The van der Waals surface area contributed by atoms with Crippen molar-refractivity contribution >= 4 is 11.8 Å². The van der Waals surface area contributed by atoms with Crippen LogP contribution in [0.3, 0.4) is 0 Å². The zero-order valence-corrected chi connectivity index (χ0v) is 8.94. The Morgan fingerprint density at radius 1 is 1.31 bits per heavy atom. The second kappa shape index (κ2) is 3.86. The molecule has 2 heterocycles. The molecule has 1 fully saturated rings. The Morgan fingerprint density at radius 2 is 2.00 bits per heavy atom. The predicted octanol–water partition coefficient (Wildman–Crippen LogP) is 2.07. The third kappa shape index (κ3) is 1.82. The number of thioether (sulfide) groups is 1. The minimum Gasteiger partial charge on any atom is -0.237 e. The minimum atomic E-state index is 1.10. The molecule has 0 unspecified atom stereocenters. The van der Waals surface area contributed by atoms with Gasteiger partial charge in [0, 0.05) is 31.1 Å². The molecule has 0 aromatic rings. The minimum absolute atomic E-state index is 1.10. The van der Waals surface area contributed by atoms with Crippen molar-refractivity contribution in [1.29, 1.82) is 0 Å². The summed E-state index contributed by atoms with van der Waals surface area (Å²) >= 11 is 1.78. The molecule has 0 atom stereocenters. The number of hydrogen-bond donors (Lipinski definition) is 0. The van der Waals surface area contributed by atoms with E-state index in [1.165, 1.54) is 30.0 Å². The Bertz CT molecular complexity index is 247. The Kier molecular flexibility index (Phi) is 2.77. The fourth-order valence-corrected chi connectivity index (χ4v) is 2.67. The molecule has 0 aliphatic carbocycles. The molecule has 0 aromatic carbocycles. The molecule has 72 valence electrons. The highest BCUT2D eigenvalue weighted by Gasteiger charge is 2.27. The molecule has 2 aliphatic rings. The molecule has 2 aliphatic heterocycles. The number of hydrogen-bond acceptors (Lipinski definition) is 3. The van der Waals surface area contributed by atoms with Gasteiger partial charge in [-0.25, -0.2) is 10.0 Å². The van der Waals surface area contributed by atoms with Gasteiger partial charge in [0.05, 0.1) is 0 Å². The van der Waals surface area contributed by atoms with E-state index in [1.807, 2.05) is 5.41 Å². The standard InChI is InChI=1S/C10H16N2S/c1-3-13-10-8-12-6-4-5-11(12)7-9(10)2/h3H,1,4-8H2,2H3. The maximum absolute atomic E-state index is 3.77. The highest BCUT2D eigenvalue weighted by atomic mass is 32.2. The molecule has 0 aromatic heterocycles. The monoisotopic (exact) mass is 196 g/mol. The van der Waals surface area contributed by atoms with Crippen LogP contribution in [0.15, 0.2) is 22.5 Å². The van der Waals surface area contributed by atoms with Crippen LogP contribution in [0.4, 0.5) is 0 Å². The average molecular weight is 196 g/mol. The van der Waals surface area contributed by atoms with Crippen LogP contribution in [-0.2, 0) is 0 Å². The summed E-state index contributed by atoms with van der Waals surface area (Å²) in [7, 11) is 0. The average Bonchev–Trinajstić information content (AvgIpc) is 2.52. The van der Waals surface area contributed by atoms with Crippen LogP contribution in [0, 0.1) is 0 Å². The van der Waals surface area contributed by atoms with E-state index in [0.717, 1.165) is 13.1 Å². The van der Waals surface area contributed by atoms with E-state index < -0.39 is 0 Å². The van der Waals surface area contributed by atoms with Crippen molar-refractivity contribution < 1.29 is 0 Å². The van der Waals surface area contributed by atoms with Gasteiger partial charge in [0.2, 0.25) is 0 Å². The normalized spacial score (nSPS) is 25.0. The molecular weight excluding hydrogens is 180 g/mol. The van der Waals surface area contributed by atoms with Crippen molar-refractivity contribution in [2.24, 2.45) is 0 Å². The topological polar surface area (TPSA) is 6.48 Å². The third-order valence-electron chi connectivity index (χ3n) is 2.68. The third-order valence-corrected chi connectivity index (χ3v) is 3.61. The molecule has 0 amide bonds. The molecule has 0 bridgehead atoms. The summed E-state index contributed by atoms with van der Waals surface area (Å²) < 4.78 is 0. The van der Waals surface area contributed by atoms with Gasteiger partial charge in [-0.2, -0.15) is 0 Å². The Balaban J connectivity index is 2.10. The summed E-state index contributed by atoms with van der Waals surface area (Å²) in [6.45, 7) is 10.7. The maximum Gasteiger partial charge on any atom is 0.0447 e. The van der Waals surface area contributed by atoms with Gasteiger partial charge >= 0.3 is 0 Å². The lowest BCUT2D eigenvalue weighted by atomic mass is 10.2. The van der Waals surface area contributed by atoms with E-state index in [2.05, 4.69) is 23.5 Å². The first-order valence-corrected chi connectivity index (χ1v) is 5.65. The van der Waals surface area contributed by atoms with E-state index in [0.29, 0.717) is 0 Å². The summed E-state index contributed by atoms with van der Waals surface area (Å²) in [5.41, 5.74) is 1.52. The van der Waals surface area contributed by atoms with Crippen molar-refractivity contribution in [3.05, 3.63) is 22.5 Å². The first-order chi connectivity index (χ1) is 6.31. The van der Waals surface area contributed by atoms with Crippen LogP contribution in [0.5, 0.6) is 0 Å². The molecule has 0 radical (unpaired) electrons. The molecule has 13 heavy (non-hydrogen) atoms. The van der Waals surface area contributed by atoms with Gasteiger partial charge in [-0.05, 0) is 24.3 Å². The summed E-state index contributed by atoms with van der Waals surface area (Å²) in [6.07, 6.45) is 1.32. The smallest absolute Gasteiger partial charge is 0.0447 e. The summed E-state index contributed by atoms with van der Waals surface area (Å²) in [6, 6.07) is 0. The fourth-order valence-electron chi connectivity index (χ4n) is 1.98. The zero-order chi connectivity index (χ0) is 9.26. The van der Waals surface area contributed by atoms with Crippen LogP contribution in [0.2, 0.25) is 0 Å². The number of nitrogens with zero attached hydrogens (tertiary/aromatic N) is 2. The van der Waals surface area contributed by atoms with E-state index >= 15 is 0 Å². The van der Waals surface area contributed by atoms with Crippen LogP contribution in [0.25, 0.3) is 0 Å². The number of rotatable bonds is 2. The van der Waals surface area contributed by atoms with Crippen molar-refractivity contribution in [2.75, 3.05) is 26.2 Å². The molecule has 2 rings (SSSR count). The van der Waals surface area contributed by atoms with Crippen molar-refractivity contribution in [3.8, 4) is 0 Å². The van der Waals surface area contributed by atoms with E-state index in [9.17, 15) is 0 Å². The van der Waals surface area contributed by atoms with Gasteiger partial charge in [-0.3, -0.25) is 0 Å². The number of fused-ring (bicyclic) bond motifs is 1. The maximum atomic E-state index is 3.77. The van der Waals surface area contributed by atoms with E-state index in [4.69, 9.17) is 0 Å². The summed E-state index contributed by atoms with van der Waals surface area (Å²) in [5, 5.41) is 6.85. The quantitative estimate of drug-likeness (QED) is 0.667. The second-order valence-electron chi connectivity index (χ2n) is 3.62. The van der Waals surface area contributed by atoms with Crippen LogP contribution < -0.4 is 0 Å². The van der Waals surface area contributed by atoms with Crippen LogP contribution >= 0.6 is 11.8 Å². The lowest BCUT2D eigenvalue weighted by molar-refractivity contribution is 0.0394. The van der Waals surface area contributed by atoms with Gasteiger partial charge in [-0.15, -0.1) is 11.8 Å². The molecule has 0 N–H and O–H groups in total. The van der Waals surface area contributed by atoms with Gasteiger partial charge in [0.15, 0.2) is 0 Å². The fraction of sp³-hybridized carbons (Fsp3) is 0.600. The molecule has 3 heteroatoms. The first kappa shape index (κ1) is 9.31. The molecule has 0 saturated carbocycles. The van der Waals surface area contributed by atoms with Crippen LogP contribution in [0.1, 0.15) is 13.3 Å². The molecular formula is C10H16N2S. The highest BCUT2D eigenvalue weighted by molar-refractivity contribution is 8.05. The van der Waals surface area contributed by atoms with Gasteiger partial charge < -0.3 is 0 Å². The lowest BCUT2D eigenvalue weighted by Gasteiger charge is -2.34. The molecule has 1 saturated heterocycles. The Morgan fingerprint density at radius 3 is 2.69 bits per heavy atom. The Labute approximate surface area is 84.2 Å². The number of hydrazine groups is 1. The van der Waals surface area contributed by atoms with Gasteiger partial charge in [0.1, 0.15) is 0 Å². The van der Waals surface area contributed by atoms with Crippen molar-refractivity contribution in [2.45, 2.75) is 13.3 Å². The summed E-state index contributed by atoms with van der Waals surface area (Å²) in [5.74, 6) is 0. The predicted molar refractivity (Wildman–Crippen MR) is 58.3 cm³/mol. The van der Waals surface area contributed by atoms with Crippen molar-refractivity contribution in [1.82, 2.24) is 10.0 Å². The van der Waals surface area contributed by atoms with Gasteiger partial charge in [-0.1, -0.05) is 6.58 Å². The largest absolute Gasteiger partial charge is 0.237 e.